The number of hydrogen-bond acceptors (Lipinski definition) is 3. The monoisotopic (exact) mass is 391 g/mol. The highest BCUT2D eigenvalue weighted by atomic mass is 16.5. The lowest BCUT2D eigenvalue weighted by Gasteiger charge is -2.34. The van der Waals surface area contributed by atoms with Crippen LogP contribution in [0.3, 0.4) is 0 Å². The van der Waals surface area contributed by atoms with Gasteiger partial charge in [0, 0.05) is 35.4 Å². The van der Waals surface area contributed by atoms with Crippen LogP contribution < -0.4 is 15.0 Å². The molecule has 6 nitrogen and oxygen atoms in total. The molecule has 0 saturated heterocycles. The molecule has 6 heteroatoms. The summed E-state index contributed by atoms with van der Waals surface area (Å²) in [5, 5.41) is 3.99. The van der Waals surface area contributed by atoms with Crippen molar-refractivity contribution >= 4 is 34.1 Å². The fourth-order valence-electron chi connectivity index (χ4n) is 3.70. The van der Waals surface area contributed by atoms with Crippen molar-refractivity contribution in [1.29, 1.82) is 0 Å². The SMILES string of the molecule is CC(C)CN1C(=O)C(C)Oc2cc(NC(=O)Cc3c[nH]c4ccccc34)ccc21. The standard InChI is InChI=1S/C23H25N3O3/c1-14(2)13-26-20-9-8-17(11-21(20)29-15(3)23(26)28)25-22(27)10-16-12-24-19-7-5-4-6-18(16)19/h4-9,11-12,14-15,24H,10,13H2,1-3H3,(H,25,27). The molecule has 1 unspecified atom stereocenters. The Kier molecular flexibility index (Phi) is 5.01. The molecule has 0 bridgehead atoms. The van der Waals surface area contributed by atoms with Gasteiger partial charge in [-0.15, -0.1) is 0 Å². The van der Waals surface area contributed by atoms with E-state index in [2.05, 4.69) is 24.1 Å². The van der Waals surface area contributed by atoms with Gasteiger partial charge in [0.2, 0.25) is 5.91 Å². The molecule has 0 spiro atoms. The zero-order valence-corrected chi connectivity index (χ0v) is 16.9. The second kappa shape index (κ2) is 7.62. The molecule has 2 N–H and O–H groups in total. The minimum absolute atomic E-state index is 0.0395. The number of rotatable bonds is 5. The van der Waals surface area contributed by atoms with E-state index in [0.29, 0.717) is 23.9 Å². The number of aromatic amines is 1. The summed E-state index contributed by atoms with van der Waals surface area (Å²) < 4.78 is 5.79. The Bertz CT molecular complexity index is 1070. The van der Waals surface area contributed by atoms with Crippen LogP contribution in [0.4, 0.5) is 11.4 Å². The molecule has 150 valence electrons. The summed E-state index contributed by atoms with van der Waals surface area (Å²) in [7, 11) is 0. The van der Waals surface area contributed by atoms with Crippen LogP contribution in [0.2, 0.25) is 0 Å². The highest BCUT2D eigenvalue weighted by Crippen LogP contribution is 2.36. The first-order valence-electron chi connectivity index (χ1n) is 9.89. The first-order valence-corrected chi connectivity index (χ1v) is 9.89. The van der Waals surface area contributed by atoms with E-state index in [-0.39, 0.29) is 18.2 Å². The highest BCUT2D eigenvalue weighted by molar-refractivity contribution is 6.01. The molecule has 2 heterocycles. The summed E-state index contributed by atoms with van der Waals surface area (Å²) in [6.45, 7) is 6.53. The number of carbonyl (C=O) groups excluding carboxylic acids is 2. The van der Waals surface area contributed by atoms with Gasteiger partial charge in [-0.1, -0.05) is 32.0 Å². The fraction of sp³-hybridized carbons (Fsp3) is 0.304. The third kappa shape index (κ3) is 3.83. The Morgan fingerprint density at radius 1 is 1.24 bits per heavy atom. The summed E-state index contributed by atoms with van der Waals surface area (Å²) in [5.74, 6) is 0.811. The van der Waals surface area contributed by atoms with Crippen molar-refractivity contribution in [2.24, 2.45) is 5.92 Å². The molecule has 2 amide bonds. The molecule has 1 aromatic heterocycles. The molecular weight excluding hydrogens is 366 g/mol. The highest BCUT2D eigenvalue weighted by Gasteiger charge is 2.32. The number of anilines is 2. The average molecular weight is 391 g/mol. The van der Waals surface area contributed by atoms with Crippen LogP contribution in [0.15, 0.2) is 48.7 Å². The Balaban J connectivity index is 1.52. The van der Waals surface area contributed by atoms with Gasteiger partial charge >= 0.3 is 0 Å². The van der Waals surface area contributed by atoms with Crippen molar-refractivity contribution in [3.63, 3.8) is 0 Å². The van der Waals surface area contributed by atoms with Crippen molar-refractivity contribution in [1.82, 2.24) is 4.98 Å². The lowest BCUT2D eigenvalue weighted by atomic mass is 10.1. The number of carbonyl (C=O) groups is 2. The van der Waals surface area contributed by atoms with E-state index < -0.39 is 6.10 Å². The molecule has 1 aliphatic heterocycles. The average Bonchev–Trinajstić information content (AvgIpc) is 3.08. The zero-order valence-electron chi connectivity index (χ0n) is 16.9. The number of hydrogen-bond donors (Lipinski definition) is 2. The van der Waals surface area contributed by atoms with Gasteiger partial charge in [-0.2, -0.15) is 0 Å². The van der Waals surface area contributed by atoms with E-state index in [4.69, 9.17) is 4.74 Å². The third-order valence-electron chi connectivity index (χ3n) is 5.03. The maximum absolute atomic E-state index is 12.6. The van der Waals surface area contributed by atoms with Gasteiger partial charge in [0.1, 0.15) is 5.75 Å². The summed E-state index contributed by atoms with van der Waals surface area (Å²) in [5.41, 5.74) is 3.37. The summed E-state index contributed by atoms with van der Waals surface area (Å²) in [6, 6.07) is 13.4. The van der Waals surface area contributed by atoms with E-state index in [0.717, 1.165) is 22.2 Å². The largest absolute Gasteiger partial charge is 0.479 e. The molecule has 0 aliphatic carbocycles. The molecular formula is C23H25N3O3. The maximum Gasteiger partial charge on any atom is 0.267 e. The first kappa shape index (κ1) is 19.1. The zero-order chi connectivity index (χ0) is 20.5. The number of nitrogens with one attached hydrogen (secondary N) is 2. The van der Waals surface area contributed by atoms with Gasteiger partial charge < -0.3 is 19.9 Å². The maximum atomic E-state index is 12.6. The molecule has 3 aromatic rings. The molecule has 1 atom stereocenters. The van der Waals surface area contributed by atoms with Crippen LogP contribution in [-0.4, -0.2) is 29.4 Å². The van der Waals surface area contributed by atoms with E-state index >= 15 is 0 Å². The van der Waals surface area contributed by atoms with Gasteiger partial charge in [0.25, 0.3) is 5.91 Å². The number of ether oxygens (including phenoxy) is 1. The number of amides is 2. The smallest absolute Gasteiger partial charge is 0.267 e. The van der Waals surface area contributed by atoms with Crippen molar-refractivity contribution in [3.05, 3.63) is 54.2 Å². The quantitative estimate of drug-likeness (QED) is 0.687. The molecule has 1 aliphatic rings. The molecule has 0 saturated carbocycles. The molecule has 0 radical (unpaired) electrons. The third-order valence-corrected chi connectivity index (χ3v) is 5.03. The predicted octanol–water partition coefficient (Wildman–Crippen LogP) is 4.12. The fourth-order valence-corrected chi connectivity index (χ4v) is 3.70. The Labute approximate surface area is 169 Å². The van der Waals surface area contributed by atoms with E-state index in [1.165, 1.54) is 0 Å². The Hall–Kier alpha value is -3.28. The molecule has 0 fully saturated rings. The summed E-state index contributed by atoms with van der Waals surface area (Å²) in [6.07, 6.45) is 1.60. The Morgan fingerprint density at radius 2 is 2.03 bits per heavy atom. The van der Waals surface area contributed by atoms with Crippen molar-refractivity contribution in [2.45, 2.75) is 33.3 Å². The molecule has 4 rings (SSSR count). The van der Waals surface area contributed by atoms with Crippen LogP contribution in [-0.2, 0) is 16.0 Å². The first-order chi connectivity index (χ1) is 13.9. The van der Waals surface area contributed by atoms with Gasteiger partial charge in [-0.3, -0.25) is 9.59 Å². The van der Waals surface area contributed by atoms with Gasteiger partial charge in [-0.05, 0) is 36.6 Å². The number of H-pyrrole nitrogens is 1. The second-order valence-electron chi connectivity index (χ2n) is 7.87. The number of para-hydroxylation sites is 1. The van der Waals surface area contributed by atoms with E-state index in [1.807, 2.05) is 42.6 Å². The number of aromatic nitrogens is 1. The lowest BCUT2D eigenvalue weighted by Crippen LogP contribution is -2.46. The van der Waals surface area contributed by atoms with Crippen molar-refractivity contribution in [3.8, 4) is 5.75 Å². The Morgan fingerprint density at radius 3 is 2.83 bits per heavy atom. The predicted molar refractivity (Wildman–Crippen MR) is 114 cm³/mol. The topological polar surface area (TPSA) is 74.4 Å². The van der Waals surface area contributed by atoms with Crippen molar-refractivity contribution in [2.75, 3.05) is 16.8 Å². The minimum Gasteiger partial charge on any atom is -0.479 e. The van der Waals surface area contributed by atoms with Gasteiger partial charge in [0.05, 0.1) is 12.1 Å². The number of benzene rings is 2. The van der Waals surface area contributed by atoms with Crippen LogP contribution >= 0.6 is 0 Å². The van der Waals surface area contributed by atoms with E-state index in [1.54, 1.807) is 17.9 Å². The summed E-state index contributed by atoms with van der Waals surface area (Å²) >= 11 is 0. The van der Waals surface area contributed by atoms with Crippen LogP contribution in [0.1, 0.15) is 26.3 Å². The number of fused-ring (bicyclic) bond motifs is 2. The van der Waals surface area contributed by atoms with Crippen LogP contribution in [0, 0.1) is 5.92 Å². The van der Waals surface area contributed by atoms with E-state index in [9.17, 15) is 9.59 Å². The normalized spacial score (nSPS) is 16.1. The van der Waals surface area contributed by atoms with Crippen LogP contribution in [0.5, 0.6) is 5.75 Å². The minimum atomic E-state index is -0.543. The molecule has 29 heavy (non-hydrogen) atoms. The van der Waals surface area contributed by atoms with Gasteiger partial charge in [-0.25, -0.2) is 0 Å². The van der Waals surface area contributed by atoms with Crippen LogP contribution in [0.25, 0.3) is 10.9 Å². The van der Waals surface area contributed by atoms with Crippen molar-refractivity contribution < 1.29 is 14.3 Å². The molecule has 2 aromatic carbocycles. The second-order valence-corrected chi connectivity index (χ2v) is 7.87. The summed E-state index contributed by atoms with van der Waals surface area (Å²) in [4.78, 5) is 30.0. The van der Waals surface area contributed by atoms with Gasteiger partial charge in [0.15, 0.2) is 6.10 Å². The number of nitrogens with zero attached hydrogens (tertiary/aromatic N) is 1. The lowest BCUT2D eigenvalue weighted by molar-refractivity contribution is -0.125.